The van der Waals surface area contributed by atoms with Crippen LogP contribution in [-0.2, 0) is 6.54 Å². The summed E-state index contributed by atoms with van der Waals surface area (Å²) in [5.74, 6) is 1.92. The van der Waals surface area contributed by atoms with Crippen molar-refractivity contribution in [3.05, 3.63) is 46.5 Å². The molecule has 1 amide bonds. The highest BCUT2D eigenvalue weighted by Crippen LogP contribution is 2.33. The van der Waals surface area contributed by atoms with E-state index in [0.29, 0.717) is 35.1 Å². The molecule has 2 aromatic rings. The summed E-state index contributed by atoms with van der Waals surface area (Å²) in [6.07, 6.45) is 0. The minimum atomic E-state index is -0.0959. The molecule has 2 aliphatic rings. The third-order valence-electron chi connectivity index (χ3n) is 5.05. The highest BCUT2D eigenvalue weighted by molar-refractivity contribution is 6.33. The number of fused-ring (bicyclic) bond motifs is 1. The Kier molecular flexibility index (Phi) is 8.32. The fourth-order valence-corrected chi connectivity index (χ4v) is 3.65. The molecule has 164 valence electrons. The Labute approximate surface area is 192 Å². The first-order chi connectivity index (χ1) is 13.5. The Morgan fingerprint density at radius 3 is 2.50 bits per heavy atom. The summed E-state index contributed by atoms with van der Waals surface area (Å²) in [5.41, 5.74) is 7.80. The van der Waals surface area contributed by atoms with Crippen LogP contribution in [0.4, 0.5) is 5.69 Å². The van der Waals surface area contributed by atoms with Crippen LogP contribution in [0.25, 0.3) is 0 Å². The average molecular weight is 477 g/mol. The Morgan fingerprint density at radius 1 is 1.10 bits per heavy atom. The summed E-state index contributed by atoms with van der Waals surface area (Å²) in [4.78, 5) is 17.1. The number of nitrogens with zero attached hydrogens (tertiary/aromatic N) is 2. The van der Waals surface area contributed by atoms with E-state index in [2.05, 4.69) is 4.90 Å². The maximum absolute atomic E-state index is 12.9. The van der Waals surface area contributed by atoms with Gasteiger partial charge in [0.05, 0.1) is 23.4 Å². The van der Waals surface area contributed by atoms with Crippen molar-refractivity contribution in [3.63, 3.8) is 0 Å². The van der Waals surface area contributed by atoms with Crippen molar-refractivity contribution in [2.45, 2.75) is 6.54 Å². The SMILES string of the molecule is COc1cc(N)c(Cl)cc1C(=O)N1CCN(Cc2ccc3c(c2)OCO3)CC1.Cl.Cl. The molecule has 0 saturated carbocycles. The molecule has 4 rings (SSSR count). The van der Waals surface area contributed by atoms with Crippen LogP contribution in [0.5, 0.6) is 17.2 Å². The number of benzene rings is 2. The topological polar surface area (TPSA) is 77.3 Å². The molecule has 0 spiro atoms. The number of nitrogens with two attached hydrogens (primary N) is 1. The summed E-state index contributed by atoms with van der Waals surface area (Å²) < 4.78 is 16.1. The number of rotatable bonds is 4. The van der Waals surface area contributed by atoms with Crippen LogP contribution in [0, 0.1) is 0 Å². The molecule has 0 radical (unpaired) electrons. The summed E-state index contributed by atoms with van der Waals surface area (Å²) in [6, 6.07) is 9.17. The van der Waals surface area contributed by atoms with E-state index in [0.717, 1.165) is 36.7 Å². The van der Waals surface area contributed by atoms with Gasteiger partial charge in [-0.2, -0.15) is 0 Å². The predicted octanol–water partition coefficient (Wildman–Crippen LogP) is 3.46. The molecule has 2 aliphatic heterocycles. The highest BCUT2D eigenvalue weighted by atomic mass is 35.5. The van der Waals surface area contributed by atoms with Crippen molar-refractivity contribution in [1.82, 2.24) is 9.80 Å². The van der Waals surface area contributed by atoms with Crippen molar-refractivity contribution in [1.29, 1.82) is 0 Å². The lowest BCUT2D eigenvalue weighted by Crippen LogP contribution is -2.48. The van der Waals surface area contributed by atoms with E-state index in [1.54, 1.807) is 12.1 Å². The number of methoxy groups -OCH3 is 1. The molecule has 1 fully saturated rings. The molecule has 2 heterocycles. The van der Waals surface area contributed by atoms with E-state index in [-0.39, 0.29) is 37.5 Å². The van der Waals surface area contributed by atoms with Crippen LogP contribution in [0.3, 0.4) is 0 Å². The summed E-state index contributed by atoms with van der Waals surface area (Å²) in [7, 11) is 1.52. The third-order valence-corrected chi connectivity index (χ3v) is 5.38. The average Bonchev–Trinajstić information content (AvgIpc) is 3.17. The van der Waals surface area contributed by atoms with Crippen molar-refractivity contribution < 1.29 is 19.0 Å². The number of carbonyl (C=O) groups excluding carboxylic acids is 1. The van der Waals surface area contributed by atoms with E-state index in [1.807, 2.05) is 23.1 Å². The number of anilines is 1. The smallest absolute Gasteiger partial charge is 0.257 e. The molecule has 1 saturated heterocycles. The monoisotopic (exact) mass is 475 g/mol. The van der Waals surface area contributed by atoms with Crippen LogP contribution in [0.15, 0.2) is 30.3 Å². The fourth-order valence-electron chi connectivity index (χ4n) is 3.48. The van der Waals surface area contributed by atoms with Crippen molar-refractivity contribution in [3.8, 4) is 17.2 Å². The van der Waals surface area contributed by atoms with Gasteiger partial charge >= 0.3 is 0 Å². The molecule has 10 heteroatoms. The van der Waals surface area contributed by atoms with Crippen molar-refractivity contribution >= 4 is 48.0 Å². The number of hydrogen-bond acceptors (Lipinski definition) is 6. The van der Waals surface area contributed by atoms with E-state index < -0.39 is 0 Å². The van der Waals surface area contributed by atoms with Crippen LogP contribution >= 0.6 is 36.4 Å². The predicted molar refractivity (Wildman–Crippen MR) is 121 cm³/mol. The molecule has 30 heavy (non-hydrogen) atoms. The van der Waals surface area contributed by atoms with Crippen LogP contribution in [-0.4, -0.2) is 55.8 Å². The van der Waals surface area contributed by atoms with Gasteiger partial charge in [-0.05, 0) is 23.8 Å². The molecular formula is C20H24Cl3N3O4. The highest BCUT2D eigenvalue weighted by Gasteiger charge is 2.25. The van der Waals surface area contributed by atoms with Gasteiger partial charge < -0.3 is 24.8 Å². The van der Waals surface area contributed by atoms with E-state index in [1.165, 1.54) is 7.11 Å². The van der Waals surface area contributed by atoms with Gasteiger partial charge in [0.2, 0.25) is 6.79 Å². The Balaban J connectivity index is 0.00000160. The second-order valence-electron chi connectivity index (χ2n) is 6.83. The summed E-state index contributed by atoms with van der Waals surface area (Å²) in [5, 5.41) is 0.352. The first kappa shape index (κ1) is 24.2. The first-order valence-electron chi connectivity index (χ1n) is 9.08. The second kappa shape index (κ2) is 10.3. The molecule has 0 unspecified atom stereocenters. The molecule has 0 aliphatic carbocycles. The van der Waals surface area contributed by atoms with E-state index in [4.69, 9.17) is 31.5 Å². The van der Waals surface area contributed by atoms with Gasteiger partial charge in [0, 0.05) is 38.8 Å². The number of piperazine rings is 1. The van der Waals surface area contributed by atoms with Gasteiger partial charge in [0.15, 0.2) is 11.5 Å². The van der Waals surface area contributed by atoms with Gasteiger partial charge in [-0.1, -0.05) is 17.7 Å². The molecule has 0 aromatic heterocycles. The largest absolute Gasteiger partial charge is 0.496 e. The quantitative estimate of drug-likeness (QED) is 0.681. The summed E-state index contributed by atoms with van der Waals surface area (Å²) >= 11 is 6.10. The number of ether oxygens (including phenoxy) is 3. The van der Waals surface area contributed by atoms with Gasteiger partial charge in [0.25, 0.3) is 5.91 Å². The van der Waals surface area contributed by atoms with Gasteiger partial charge in [0.1, 0.15) is 5.75 Å². The van der Waals surface area contributed by atoms with Crippen LogP contribution in [0.2, 0.25) is 5.02 Å². The number of hydrogen-bond donors (Lipinski definition) is 1. The first-order valence-corrected chi connectivity index (χ1v) is 9.46. The Hall–Kier alpha value is -2.06. The Bertz CT molecular complexity index is 905. The molecule has 2 aromatic carbocycles. The number of carbonyl (C=O) groups is 1. The fraction of sp³-hybridized carbons (Fsp3) is 0.350. The van der Waals surface area contributed by atoms with E-state index >= 15 is 0 Å². The molecule has 0 atom stereocenters. The number of amides is 1. The Morgan fingerprint density at radius 2 is 1.80 bits per heavy atom. The lowest BCUT2D eigenvalue weighted by atomic mass is 10.1. The lowest BCUT2D eigenvalue weighted by Gasteiger charge is -2.35. The number of nitrogen functional groups attached to an aromatic ring is 1. The van der Waals surface area contributed by atoms with Gasteiger partial charge in [-0.3, -0.25) is 9.69 Å². The lowest BCUT2D eigenvalue weighted by molar-refractivity contribution is 0.0625. The maximum atomic E-state index is 12.9. The van der Waals surface area contributed by atoms with Crippen molar-refractivity contribution in [2.75, 3.05) is 45.8 Å². The maximum Gasteiger partial charge on any atom is 0.257 e. The second-order valence-corrected chi connectivity index (χ2v) is 7.24. The van der Waals surface area contributed by atoms with Crippen LogP contribution < -0.4 is 19.9 Å². The molecule has 2 N–H and O–H groups in total. The molecule has 7 nitrogen and oxygen atoms in total. The standard InChI is InChI=1S/C20H22ClN3O4.2ClH/c1-26-18-10-16(22)15(21)9-14(18)20(25)24-6-4-23(5-7-24)11-13-2-3-17-19(8-13)28-12-27-17;;/h2-3,8-10H,4-7,11-12,22H2,1H3;2*1H. The minimum absolute atomic E-state index is 0. The van der Waals surface area contributed by atoms with Crippen molar-refractivity contribution in [2.24, 2.45) is 0 Å². The zero-order valence-electron chi connectivity index (χ0n) is 16.4. The molecular weight excluding hydrogens is 453 g/mol. The zero-order valence-corrected chi connectivity index (χ0v) is 18.8. The third kappa shape index (κ3) is 4.98. The minimum Gasteiger partial charge on any atom is -0.496 e. The van der Waals surface area contributed by atoms with E-state index in [9.17, 15) is 4.79 Å². The molecule has 0 bridgehead atoms. The number of halogens is 3. The van der Waals surface area contributed by atoms with Crippen LogP contribution in [0.1, 0.15) is 15.9 Å². The normalized spacial score (nSPS) is 15.2. The van der Waals surface area contributed by atoms with Gasteiger partial charge in [-0.25, -0.2) is 0 Å². The zero-order chi connectivity index (χ0) is 19.7. The summed E-state index contributed by atoms with van der Waals surface area (Å²) in [6.45, 7) is 3.91. The van der Waals surface area contributed by atoms with Gasteiger partial charge in [-0.15, -0.1) is 24.8 Å².